The third-order valence-electron chi connectivity index (χ3n) is 3.62. The number of nitrogens with one attached hydrogen (secondary N) is 2. The Morgan fingerprint density at radius 2 is 1.50 bits per heavy atom. The highest BCUT2D eigenvalue weighted by Crippen LogP contribution is 2.19. The fourth-order valence-electron chi connectivity index (χ4n) is 2.45. The second-order valence-electron chi connectivity index (χ2n) is 7.45. The molecule has 0 aliphatic heterocycles. The lowest BCUT2D eigenvalue weighted by Crippen LogP contribution is -2.52. The molecular formula is C17H39N3S2. The molecule has 0 radical (unpaired) electrons. The Morgan fingerprint density at radius 3 is 1.91 bits per heavy atom. The van der Waals surface area contributed by atoms with Crippen molar-refractivity contribution < 1.29 is 0 Å². The molecule has 0 aromatic rings. The van der Waals surface area contributed by atoms with Crippen LogP contribution < -0.4 is 10.6 Å². The maximum atomic E-state index is 4.81. The van der Waals surface area contributed by atoms with E-state index in [0.29, 0.717) is 6.04 Å². The molecule has 0 heterocycles. The van der Waals surface area contributed by atoms with Gasteiger partial charge in [-0.3, -0.25) is 0 Å². The van der Waals surface area contributed by atoms with Gasteiger partial charge in [0.1, 0.15) is 0 Å². The summed E-state index contributed by atoms with van der Waals surface area (Å²) < 4.78 is 0.0177. The van der Waals surface area contributed by atoms with Crippen molar-refractivity contribution in [3.63, 3.8) is 0 Å². The average Bonchev–Trinajstić information content (AvgIpc) is 2.34. The molecule has 0 spiro atoms. The van der Waals surface area contributed by atoms with Crippen LogP contribution >= 0.6 is 25.3 Å². The molecular weight excluding hydrogens is 310 g/mol. The first-order chi connectivity index (χ1) is 10.1. The van der Waals surface area contributed by atoms with Crippen LogP contribution in [0.25, 0.3) is 0 Å². The summed E-state index contributed by atoms with van der Waals surface area (Å²) in [6.45, 7) is 19.4. The highest BCUT2D eigenvalue weighted by atomic mass is 32.1. The van der Waals surface area contributed by atoms with Crippen molar-refractivity contribution in [1.29, 1.82) is 0 Å². The molecule has 0 amide bonds. The van der Waals surface area contributed by atoms with Gasteiger partial charge in [-0.15, -0.1) is 0 Å². The summed E-state index contributed by atoms with van der Waals surface area (Å²) in [7, 11) is 0. The highest BCUT2D eigenvalue weighted by Gasteiger charge is 2.26. The van der Waals surface area contributed by atoms with Gasteiger partial charge in [-0.25, -0.2) is 0 Å². The molecule has 3 nitrogen and oxygen atoms in total. The van der Waals surface area contributed by atoms with Crippen molar-refractivity contribution in [2.45, 2.75) is 69.9 Å². The molecule has 134 valence electrons. The van der Waals surface area contributed by atoms with Crippen LogP contribution in [0.15, 0.2) is 0 Å². The first-order valence-electron chi connectivity index (χ1n) is 8.71. The van der Waals surface area contributed by atoms with E-state index in [9.17, 15) is 0 Å². The van der Waals surface area contributed by atoms with Gasteiger partial charge in [-0.1, -0.05) is 13.8 Å². The summed E-state index contributed by atoms with van der Waals surface area (Å²) >= 11 is 9.34. The molecule has 0 bridgehead atoms. The van der Waals surface area contributed by atoms with Crippen LogP contribution in [0.1, 0.15) is 54.4 Å². The van der Waals surface area contributed by atoms with E-state index in [1.54, 1.807) is 0 Å². The van der Waals surface area contributed by atoms with Gasteiger partial charge >= 0.3 is 0 Å². The fraction of sp³-hybridized carbons (Fsp3) is 1.00. The number of hydrogen-bond acceptors (Lipinski definition) is 5. The molecule has 22 heavy (non-hydrogen) atoms. The van der Waals surface area contributed by atoms with Crippen LogP contribution in [0, 0.1) is 0 Å². The van der Waals surface area contributed by atoms with Gasteiger partial charge < -0.3 is 15.5 Å². The van der Waals surface area contributed by atoms with Crippen molar-refractivity contribution in [1.82, 2.24) is 15.5 Å². The molecule has 0 aromatic heterocycles. The number of thiol groups is 2. The predicted molar refractivity (Wildman–Crippen MR) is 108 cm³/mol. The summed E-state index contributed by atoms with van der Waals surface area (Å²) in [4.78, 5) is 2.56. The molecule has 0 saturated carbocycles. The molecule has 0 aliphatic rings. The monoisotopic (exact) mass is 349 g/mol. The van der Waals surface area contributed by atoms with E-state index in [2.05, 4.69) is 69.7 Å². The van der Waals surface area contributed by atoms with Crippen molar-refractivity contribution >= 4 is 25.3 Å². The normalized spacial score (nSPS) is 14.6. The molecule has 0 aliphatic carbocycles. The van der Waals surface area contributed by atoms with E-state index in [1.807, 2.05) is 0 Å². The van der Waals surface area contributed by atoms with Gasteiger partial charge in [0, 0.05) is 41.7 Å². The first kappa shape index (κ1) is 22.6. The number of hydrogen-bond donors (Lipinski definition) is 4. The standard InChI is InChI=1S/C17H39N3S2/c1-7-11-20(12-8-2)13-15(17(5,6)22)19-10-9-18-14-16(3,4)21/h15,18-19,21-22H,7-14H2,1-6H3. The summed E-state index contributed by atoms with van der Waals surface area (Å²) in [5, 5.41) is 7.15. The van der Waals surface area contributed by atoms with Crippen LogP contribution in [0.3, 0.4) is 0 Å². The Hall–Kier alpha value is 0.580. The smallest absolute Gasteiger partial charge is 0.0335 e. The highest BCUT2D eigenvalue weighted by molar-refractivity contribution is 7.82. The lowest BCUT2D eigenvalue weighted by Gasteiger charge is -2.35. The van der Waals surface area contributed by atoms with Gasteiger partial charge in [0.2, 0.25) is 0 Å². The SMILES string of the molecule is CCCN(CCC)CC(NCCNCC(C)(C)S)C(C)(C)S. The van der Waals surface area contributed by atoms with Crippen molar-refractivity contribution in [2.75, 3.05) is 39.3 Å². The summed E-state index contributed by atoms with van der Waals surface area (Å²) in [6, 6.07) is 0.389. The topological polar surface area (TPSA) is 27.3 Å². The van der Waals surface area contributed by atoms with Crippen LogP contribution in [-0.2, 0) is 0 Å². The Balaban J connectivity index is 4.29. The van der Waals surface area contributed by atoms with E-state index in [4.69, 9.17) is 12.6 Å². The van der Waals surface area contributed by atoms with E-state index < -0.39 is 0 Å². The van der Waals surface area contributed by atoms with Crippen molar-refractivity contribution in [3.05, 3.63) is 0 Å². The van der Waals surface area contributed by atoms with Gasteiger partial charge in [0.05, 0.1) is 0 Å². The summed E-state index contributed by atoms with van der Waals surface area (Å²) in [6.07, 6.45) is 2.41. The van der Waals surface area contributed by atoms with Gasteiger partial charge in [0.25, 0.3) is 0 Å². The first-order valence-corrected chi connectivity index (χ1v) is 9.60. The minimum atomic E-state index is -0.0252. The van der Waals surface area contributed by atoms with Gasteiger partial charge in [0.15, 0.2) is 0 Å². The second-order valence-corrected chi connectivity index (χ2v) is 9.81. The quantitative estimate of drug-likeness (QED) is 0.304. The summed E-state index contributed by atoms with van der Waals surface area (Å²) in [5.74, 6) is 0. The predicted octanol–water partition coefficient (Wildman–Crippen LogP) is 3.07. The van der Waals surface area contributed by atoms with Crippen molar-refractivity contribution in [3.8, 4) is 0 Å². The van der Waals surface area contributed by atoms with E-state index in [-0.39, 0.29) is 9.49 Å². The lowest BCUT2D eigenvalue weighted by atomic mass is 10.0. The largest absolute Gasteiger partial charge is 0.314 e. The molecule has 1 atom stereocenters. The zero-order valence-corrected chi connectivity index (χ0v) is 17.4. The lowest BCUT2D eigenvalue weighted by molar-refractivity contribution is 0.227. The Kier molecular flexibility index (Phi) is 11.5. The Morgan fingerprint density at radius 1 is 0.955 bits per heavy atom. The van der Waals surface area contributed by atoms with Gasteiger partial charge in [-0.2, -0.15) is 25.3 Å². The Labute approximate surface area is 150 Å². The molecule has 2 N–H and O–H groups in total. The molecule has 0 fully saturated rings. The minimum Gasteiger partial charge on any atom is -0.314 e. The minimum absolute atomic E-state index is 0.0252. The van der Waals surface area contributed by atoms with Crippen LogP contribution in [0.4, 0.5) is 0 Å². The number of rotatable bonds is 13. The van der Waals surface area contributed by atoms with Crippen LogP contribution in [0.5, 0.6) is 0 Å². The number of nitrogens with zero attached hydrogens (tertiary/aromatic N) is 1. The molecule has 0 saturated heterocycles. The van der Waals surface area contributed by atoms with E-state index >= 15 is 0 Å². The molecule has 1 unspecified atom stereocenters. The zero-order chi connectivity index (χ0) is 17.2. The third kappa shape index (κ3) is 12.1. The van der Waals surface area contributed by atoms with E-state index in [0.717, 1.165) is 26.2 Å². The molecule has 0 aromatic carbocycles. The van der Waals surface area contributed by atoms with E-state index in [1.165, 1.54) is 25.9 Å². The third-order valence-corrected chi connectivity index (χ3v) is 4.09. The molecule has 0 rings (SSSR count). The van der Waals surface area contributed by atoms with Gasteiger partial charge in [-0.05, 0) is 53.6 Å². The van der Waals surface area contributed by atoms with Crippen LogP contribution in [-0.4, -0.2) is 59.7 Å². The molecule has 5 heteroatoms. The fourth-order valence-corrected chi connectivity index (χ4v) is 2.74. The zero-order valence-electron chi connectivity index (χ0n) is 15.6. The van der Waals surface area contributed by atoms with Crippen molar-refractivity contribution in [2.24, 2.45) is 0 Å². The summed E-state index contributed by atoms with van der Waals surface area (Å²) in [5.41, 5.74) is 0. The maximum Gasteiger partial charge on any atom is 0.0335 e. The second kappa shape index (κ2) is 11.2. The average molecular weight is 350 g/mol. The maximum absolute atomic E-state index is 4.81. The van der Waals surface area contributed by atoms with Crippen LogP contribution in [0.2, 0.25) is 0 Å². The Bertz CT molecular complexity index is 266.